The lowest BCUT2D eigenvalue weighted by Crippen LogP contribution is -2.58. The maximum Gasteiger partial charge on any atom is 0.249 e. The summed E-state index contributed by atoms with van der Waals surface area (Å²) in [5.74, 6) is -3.52. The highest BCUT2D eigenvalue weighted by Gasteiger charge is 2.55. The highest BCUT2D eigenvalue weighted by molar-refractivity contribution is 7.10. The van der Waals surface area contributed by atoms with Crippen LogP contribution in [0.25, 0.3) is 0 Å². The lowest BCUT2D eigenvalue weighted by molar-refractivity contribution is -0.129. The Morgan fingerprint density at radius 3 is 2.38 bits per heavy atom. The smallest absolute Gasteiger partial charge is 0.249 e. The molecule has 10 heteroatoms. The number of rotatable bonds is 8. The summed E-state index contributed by atoms with van der Waals surface area (Å²) < 4.78 is 42.5. The minimum Gasteiger partial charge on any atom is -0.354 e. The third-order valence-electron chi connectivity index (χ3n) is 6.17. The molecule has 194 valence electrons. The Labute approximate surface area is 217 Å². The van der Waals surface area contributed by atoms with Crippen LogP contribution in [0.2, 0.25) is 0 Å². The molecule has 0 saturated heterocycles. The van der Waals surface area contributed by atoms with E-state index >= 15 is 4.39 Å². The number of hydrogen-bond acceptors (Lipinski definition) is 5. The molecule has 1 aromatic heterocycles. The summed E-state index contributed by atoms with van der Waals surface area (Å²) in [5, 5.41) is 13.2. The Balaban J connectivity index is 1.80. The van der Waals surface area contributed by atoms with Crippen molar-refractivity contribution in [2.45, 2.75) is 32.2 Å². The fourth-order valence-electron chi connectivity index (χ4n) is 4.27. The summed E-state index contributed by atoms with van der Waals surface area (Å²) in [6, 6.07) is 12.3. The third kappa shape index (κ3) is 5.39. The van der Waals surface area contributed by atoms with Crippen molar-refractivity contribution in [3.8, 4) is 0 Å². The van der Waals surface area contributed by atoms with Crippen LogP contribution in [-0.2, 0) is 9.59 Å². The molecule has 1 aliphatic rings. The Morgan fingerprint density at radius 2 is 1.76 bits per heavy atom. The van der Waals surface area contributed by atoms with Crippen LogP contribution >= 0.6 is 11.3 Å². The number of benzene rings is 2. The van der Waals surface area contributed by atoms with Crippen molar-refractivity contribution in [3.05, 3.63) is 87.9 Å². The van der Waals surface area contributed by atoms with Crippen LogP contribution in [0.1, 0.15) is 37.1 Å². The molecule has 2 N–H and O–H groups in total. The minimum atomic E-state index is -1.55. The van der Waals surface area contributed by atoms with Crippen LogP contribution < -0.4 is 15.6 Å². The average molecular weight is 529 g/mol. The quantitative estimate of drug-likeness (QED) is 0.440. The summed E-state index contributed by atoms with van der Waals surface area (Å²) in [4.78, 5) is 26.9. The maximum atomic E-state index is 15.1. The topological polar surface area (TPSA) is 73.8 Å². The molecule has 2 atom stereocenters. The van der Waals surface area contributed by atoms with E-state index in [2.05, 4.69) is 15.7 Å². The van der Waals surface area contributed by atoms with Gasteiger partial charge in [-0.25, -0.2) is 18.2 Å². The molecule has 0 spiro atoms. The molecule has 6 nitrogen and oxygen atoms in total. The maximum absolute atomic E-state index is 15.1. The van der Waals surface area contributed by atoms with E-state index in [0.717, 1.165) is 17.0 Å². The van der Waals surface area contributed by atoms with Gasteiger partial charge in [0.25, 0.3) is 0 Å². The molecule has 37 heavy (non-hydrogen) atoms. The first-order valence-electron chi connectivity index (χ1n) is 11.8. The van der Waals surface area contributed by atoms with E-state index in [1.54, 1.807) is 6.92 Å². The average Bonchev–Trinajstić information content (AvgIpc) is 3.48. The van der Waals surface area contributed by atoms with Crippen LogP contribution in [0.5, 0.6) is 0 Å². The summed E-state index contributed by atoms with van der Waals surface area (Å²) in [7, 11) is 0. The molecule has 0 fully saturated rings. The highest BCUT2D eigenvalue weighted by atomic mass is 32.1. The Morgan fingerprint density at radius 1 is 1.05 bits per heavy atom. The molecular weight excluding hydrogens is 501 g/mol. The molecular formula is C27H27F3N4O2S. The standard InChI is InChI=1S/C27H27F3N4O2S/c1-16(2)14-31-23(35)15-32-26(36)27(3)24(22-5-4-12-37-22)25(17-6-8-18(28)9-7-17)33-34(27)21-11-10-19(29)13-20(21)30/h4-13,16,24H,14-15H2,1-3H3,(H,31,35)(H,32,36). The molecule has 2 unspecified atom stereocenters. The second kappa shape index (κ2) is 10.8. The first-order chi connectivity index (χ1) is 17.6. The molecule has 0 saturated carbocycles. The molecule has 2 aromatic carbocycles. The Hall–Kier alpha value is -3.66. The van der Waals surface area contributed by atoms with E-state index in [0.29, 0.717) is 17.8 Å². The zero-order valence-electron chi connectivity index (χ0n) is 20.6. The minimum absolute atomic E-state index is 0.109. The van der Waals surface area contributed by atoms with E-state index in [1.807, 2.05) is 31.4 Å². The fourth-order valence-corrected chi connectivity index (χ4v) is 5.22. The van der Waals surface area contributed by atoms with E-state index in [1.165, 1.54) is 46.7 Å². The highest BCUT2D eigenvalue weighted by Crippen LogP contribution is 2.46. The van der Waals surface area contributed by atoms with E-state index in [4.69, 9.17) is 0 Å². The van der Waals surface area contributed by atoms with Gasteiger partial charge in [0, 0.05) is 17.5 Å². The lowest BCUT2D eigenvalue weighted by atomic mass is 9.78. The monoisotopic (exact) mass is 528 g/mol. The fraction of sp³-hybridized carbons (Fsp3) is 0.296. The number of anilines is 1. The number of nitrogens with zero attached hydrogens (tertiary/aromatic N) is 2. The van der Waals surface area contributed by atoms with Crippen molar-refractivity contribution in [1.82, 2.24) is 10.6 Å². The SMILES string of the molecule is CC(C)CNC(=O)CNC(=O)C1(C)C(c2cccs2)C(c2ccc(F)cc2)=NN1c1ccc(F)cc1F. The summed E-state index contributed by atoms with van der Waals surface area (Å²) in [6.45, 7) is 5.67. The van der Waals surface area contributed by atoms with Gasteiger partial charge in [0.15, 0.2) is 11.4 Å². The van der Waals surface area contributed by atoms with Gasteiger partial charge >= 0.3 is 0 Å². The largest absolute Gasteiger partial charge is 0.354 e. The molecule has 2 amide bonds. The van der Waals surface area contributed by atoms with Crippen molar-refractivity contribution in [2.24, 2.45) is 11.0 Å². The Bertz CT molecular complexity index is 1310. The van der Waals surface area contributed by atoms with Crippen LogP contribution in [0, 0.1) is 23.4 Å². The van der Waals surface area contributed by atoms with Crippen molar-refractivity contribution in [2.75, 3.05) is 18.1 Å². The summed E-state index contributed by atoms with van der Waals surface area (Å²) in [5.41, 5.74) is -0.709. The van der Waals surface area contributed by atoms with Crippen molar-refractivity contribution in [3.63, 3.8) is 0 Å². The van der Waals surface area contributed by atoms with Gasteiger partial charge in [0.05, 0.1) is 23.9 Å². The van der Waals surface area contributed by atoms with Crippen LogP contribution in [-0.4, -0.2) is 36.2 Å². The second-order valence-corrected chi connectivity index (χ2v) is 10.4. The van der Waals surface area contributed by atoms with Gasteiger partial charge in [0.2, 0.25) is 11.8 Å². The molecule has 0 radical (unpaired) electrons. The van der Waals surface area contributed by atoms with Gasteiger partial charge in [-0.1, -0.05) is 32.0 Å². The van der Waals surface area contributed by atoms with Gasteiger partial charge in [0.1, 0.15) is 11.6 Å². The number of halogens is 3. The molecule has 0 aliphatic carbocycles. The normalized spacial score (nSPS) is 19.2. The molecule has 3 aromatic rings. The van der Waals surface area contributed by atoms with Gasteiger partial charge in [-0.15, -0.1) is 11.3 Å². The first kappa shape index (κ1) is 26.4. The number of carbonyl (C=O) groups excluding carboxylic acids is 2. The molecule has 0 bridgehead atoms. The second-order valence-electron chi connectivity index (χ2n) is 9.38. The first-order valence-corrected chi connectivity index (χ1v) is 12.7. The van der Waals surface area contributed by atoms with Gasteiger partial charge in [-0.3, -0.25) is 9.59 Å². The van der Waals surface area contributed by atoms with Gasteiger partial charge < -0.3 is 10.6 Å². The summed E-state index contributed by atoms with van der Waals surface area (Å²) in [6.07, 6.45) is 0. The zero-order valence-corrected chi connectivity index (χ0v) is 21.4. The summed E-state index contributed by atoms with van der Waals surface area (Å²) >= 11 is 1.39. The Kier molecular flexibility index (Phi) is 7.68. The van der Waals surface area contributed by atoms with Crippen molar-refractivity contribution in [1.29, 1.82) is 0 Å². The van der Waals surface area contributed by atoms with Crippen molar-refractivity contribution >= 4 is 34.6 Å². The molecule has 1 aliphatic heterocycles. The van der Waals surface area contributed by atoms with E-state index < -0.39 is 34.8 Å². The van der Waals surface area contributed by atoms with Crippen molar-refractivity contribution < 1.29 is 22.8 Å². The van der Waals surface area contributed by atoms with Crippen LogP contribution in [0.15, 0.2) is 65.1 Å². The predicted molar refractivity (Wildman–Crippen MR) is 138 cm³/mol. The number of carbonyl (C=O) groups is 2. The number of nitrogens with one attached hydrogen (secondary N) is 2. The van der Waals surface area contributed by atoms with E-state index in [-0.39, 0.29) is 24.1 Å². The number of hydrazone groups is 1. The lowest BCUT2D eigenvalue weighted by Gasteiger charge is -2.37. The van der Waals surface area contributed by atoms with Crippen LogP contribution in [0.3, 0.4) is 0 Å². The number of amides is 2. The van der Waals surface area contributed by atoms with Gasteiger partial charge in [-0.2, -0.15) is 5.10 Å². The zero-order chi connectivity index (χ0) is 26.7. The van der Waals surface area contributed by atoms with Crippen LogP contribution in [0.4, 0.5) is 18.9 Å². The number of thiophene rings is 1. The van der Waals surface area contributed by atoms with E-state index in [9.17, 15) is 18.4 Å². The van der Waals surface area contributed by atoms with Gasteiger partial charge in [-0.05, 0) is 54.1 Å². The predicted octanol–water partition coefficient (Wildman–Crippen LogP) is 4.82. The third-order valence-corrected chi connectivity index (χ3v) is 7.10. The number of hydrogen-bond donors (Lipinski definition) is 2. The molecule has 4 rings (SSSR count). The molecule has 2 heterocycles.